The van der Waals surface area contributed by atoms with Crippen LogP contribution in [0.5, 0.6) is 0 Å². The maximum atomic E-state index is 11.8. The summed E-state index contributed by atoms with van der Waals surface area (Å²) in [5.74, 6) is 1.08. The second kappa shape index (κ2) is 7.55. The quantitative estimate of drug-likeness (QED) is 0.810. The molecule has 1 aromatic heterocycles. The molecule has 1 heterocycles. The smallest absolute Gasteiger partial charge is 0.251 e. The number of anilines is 2. The average Bonchev–Trinajstić information content (AvgIpc) is 2.42. The molecule has 0 unspecified atom stereocenters. The molecule has 1 aromatic rings. The Morgan fingerprint density at radius 1 is 1.13 bits per heavy atom. The van der Waals surface area contributed by atoms with E-state index in [2.05, 4.69) is 15.6 Å². The number of hydrogen-bond donors (Lipinski definition) is 2. The molecular weight excluding hydrogens is 294 g/mol. The molecule has 2 aliphatic rings. The summed E-state index contributed by atoms with van der Waals surface area (Å²) in [6, 6.07) is 3.43. The van der Waals surface area contributed by atoms with Gasteiger partial charge in [0.2, 0.25) is 5.91 Å². The number of ether oxygens (including phenoxy) is 1. The number of pyridine rings is 1. The average molecular weight is 317 g/mol. The van der Waals surface area contributed by atoms with Crippen LogP contribution < -0.4 is 10.6 Å². The van der Waals surface area contributed by atoms with E-state index < -0.39 is 0 Å². The Morgan fingerprint density at radius 3 is 2.48 bits per heavy atom. The van der Waals surface area contributed by atoms with Gasteiger partial charge in [-0.2, -0.15) is 0 Å². The molecule has 2 aliphatic carbocycles. The Labute approximate surface area is 136 Å². The number of amides is 2. The van der Waals surface area contributed by atoms with Gasteiger partial charge in [-0.25, -0.2) is 4.98 Å². The molecule has 0 bridgehead atoms. The highest BCUT2D eigenvalue weighted by Crippen LogP contribution is 2.27. The normalized spacial score (nSPS) is 17.9. The highest BCUT2D eigenvalue weighted by Gasteiger charge is 2.25. The Kier molecular flexibility index (Phi) is 5.23. The van der Waals surface area contributed by atoms with Gasteiger partial charge in [0.05, 0.1) is 18.5 Å². The summed E-state index contributed by atoms with van der Waals surface area (Å²) in [6.07, 6.45) is 8.30. The second-order valence-electron chi connectivity index (χ2n) is 6.41. The third-order valence-electron chi connectivity index (χ3n) is 4.59. The minimum absolute atomic E-state index is 0.0539. The summed E-state index contributed by atoms with van der Waals surface area (Å²) < 4.78 is 5.40. The lowest BCUT2D eigenvalue weighted by Gasteiger charge is -2.24. The molecule has 124 valence electrons. The summed E-state index contributed by atoms with van der Waals surface area (Å²) in [5, 5.41) is 5.53. The van der Waals surface area contributed by atoms with Gasteiger partial charge >= 0.3 is 0 Å². The third kappa shape index (κ3) is 4.51. The molecule has 2 fully saturated rings. The Morgan fingerprint density at radius 2 is 1.91 bits per heavy atom. The molecule has 0 saturated heterocycles. The van der Waals surface area contributed by atoms with E-state index in [0.717, 1.165) is 19.3 Å². The molecule has 0 aliphatic heterocycles. The number of nitrogens with one attached hydrogen (secondary N) is 2. The number of aromatic nitrogens is 1. The maximum absolute atomic E-state index is 11.8. The van der Waals surface area contributed by atoms with Crippen LogP contribution >= 0.6 is 0 Å². The van der Waals surface area contributed by atoms with Gasteiger partial charge < -0.3 is 15.4 Å². The van der Waals surface area contributed by atoms with Crippen LogP contribution in [0.1, 0.15) is 38.5 Å². The van der Waals surface area contributed by atoms with Crippen molar-refractivity contribution in [2.24, 2.45) is 11.8 Å². The van der Waals surface area contributed by atoms with Crippen LogP contribution in [0.4, 0.5) is 11.5 Å². The van der Waals surface area contributed by atoms with Gasteiger partial charge in [-0.1, -0.05) is 12.8 Å². The first-order chi connectivity index (χ1) is 11.2. The maximum Gasteiger partial charge on any atom is 0.251 e. The zero-order valence-corrected chi connectivity index (χ0v) is 13.2. The largest absolute Gasteiger partial charge is 0.371 e. The van der Waals surface area contributed by atoms with Crippen LogP contribution in [0, 0.1) is 11.8 Å². The Balaban J connectivity index is 1.39. The lowest BCUT2D eigenvalue weighted by atomic mass is 9.85. The highest BCUT2D eigenvalue weighted by atomic mass is 16.5. The molecule has 0 spiro atoms. The van der Waals surface area contributed by atoms with E-state index in [0.29, 0.717) is 24.0 Å². The molecule has 2 N–H and O–H groups in total. The Hall–Kier alpha value is -1.95. The fourth-order valence-electron chi connectivity index (χ4n) is 2.61. The molecule has 6 heteroatoms. The standard InChI is InChI=1S/C17H23N3O3/c21-16(11-23-10-12-3-1-4-12)20-15-8-7-14(9-18-15)19-17(22)13-5-2-6-13/h7-9,12-13H,1-6,10-11H2,(H,19,22)(H,18,20,21). The van der Waals surface area contributed by atoms with Crippen LogP contribution in [-0.2, 0) is 14.3 Å². The molecule has 23 heavy (non-hydrogen) atoms. The van der Waals surface area contributed by atoms with E-state index >= 15 is 0 Å². The molecule has 0 radical (unpaired) electrons. The first-order valence-corrected chi connectivity index (χ1v) is 8.35. The lowest BCUT2D eigenvalue weighted by Crippen LogP contribution is -2.28. The summed E-state index contributed by atoms with van der Waals surface area (Å²) in [4.78, 5) is 27.7. The second-order valence-corrected chi connectivity index (χ2v) is 6.41. The van der Waals surface area contributed by atoms with Crippen molar-refractivity contribution in [2.45, 2.75) is 38.5 Å². The molecule has 2 amide bonds. The monoisotopic (exact) mass is 317 g/mol. The Bertz CT molecular complexity index is 551. The summed E-state index contributed by atoms with van der Waals surface area (Å²) in [7, 11) is 0. The molecule has 3 rings (SSSR count). The molecule has 0 atom stereocenters. The number of carbonyl (C=O) groups excluding carboxylic acids is 2. The van der Waals surface area contributed by atoms with Crippen molar-refractivity contribution >= 4 is 23.3 Å². The predicted molar refractivity (Wildman–Crippen MR) is 87.0 cm³/mol. The molecule has 0 aromatic carbocycles. The van der Waals surface area contributed by atoms with Gasteiger partial charge in [-0.05, 0) is 43.7 Å². The summed E-state index contributed by atoms with van der Waals surface area (Å²) in [5.41, 5.74) is 0.654. The molecular formula is C17H23N3O3. The van der Waals surface area contributed by atoms with Crippen molar-refractivity contribution in [1.82, 2.24) is 4.98 Å². The van der Waals surface area contributed by atoms with E-state index in [1.165, 1.54) is 19.3 Å². The SMILES string of the molecule is O=C(COCC1CCC1)Nc1ccc(NC(=O)C2CCC2)cn1. The van der Waals surface area contributed by atoms with Gasteiger partial charge in [0.1, 0.15) is 12.4 Å². The van der Waals surface area contributed by atoms with E-state index in [4.69, 9.17) is 4.74 Å². The topological polar surface area (TPSA) is 80.3 Å². The first-order valence-electron chi connectivity index (χ1n) is 8.35. The van der Waals surface area contributed by atoms with Crippen LogP contribution in [0.15, 0.2) is 18.3 Å². The van der Waals surface area contributed by atoms with E-state index in [-0.39, 0.29) is 24.3 Å². The van der Waals surface area contributed by atoms with Crippen molar-refractivity contribution in [2.75, 3.05) is 23.8 Å². The predicted octanol–water partition coefficient (Wildman–Crippen LogP) is 2.58. The molecule has 2 saturated carbocycles. The van der Waals surface area contributed by atoms with Crippen LogP contribution in [0.2, 0.25) is 0 Å². The van der Waals surface area contributed by atoms with Gasteiger partial charge in [0, 0.05) is 5.92 Å². The zero-order valence-electron chi connectivity index (χ0n) is 13.2. The van der Waals surface area contributed by atoms with E-state index in [1.807, 2.05) is 0 Å². The van der Waals surface area contributed by atoms with Crippen LogP contribution in [-0.4, -0.2) is 30.0 Å². The lowest BCUT2D eigenvalue weighted by molar-refractivity contribution is -0.122. The third-order valence-corrected chi connectivity index (χ3v) is 4.59. The van der Waals surface area contributed by atoms with Crippen molar-refractivity contribution in [3.63, 3.8) is 0 Å². The highest BCUT2D eigenvalue weighted by molar-refractivity contribution is 5.93. The first kappa shape index (κ1) is 15.9. The minimum Gasteiger partial charge on any atom is -0.371 e. The number of carbonyl (C=O) groups is 2. The van der Waals surface area contributed by atoms with Crippen LogP contribution in [0.3, 0.4) is 0 Å². The fraction of sp³-hybridized carbons (Fsp3) is 0.588. The van der Waals surface area contributed by atoms with Gasteiger partial charge in [-0.3, -0.25) is 9.59 Å². The molecule has 6 nitrogen and oxygen atoms in total. The minimum atomic E-state index is -0.205. The van der Waals surface area contributed by atoms with Crippen molar-refractivity contribution < 1.29 is 14.3 Å². The summed E-state index contributed by atoms with van der Waals surface area (Å²) >= 11 is 0. The van der Waals surface area contributed by atoms with Crippen molar-refractivity contribution in [3.05, 3.63) is 18.3 Å². The summed E-state index contributed by atoms with van der Waals surface area (Å²) in [6.45, 7) is 0.714. The number of hydrogen-bond acceptors (Lipinski definition) is 4. The van der Waals surface area contributed by atoms with Gasteiger partial charge in [-0.15, -0.1) is 0 Å². The zero-order chi connectivity index (χ0) is 16.1. The fourth-order valence-corrected chi connectivity index (χ4v) is 2.61. The van der Waals surface area contributed by atoms with E-state index in [9.17, 15) is 9.59 Å². The van der Waals surface area contributed by atoms with Crippen LogP contribution in [0.25, 0.3) is 0 Å². The number of rotatable bonds is 7. The van der Waals surface area contributed by atoms with E-state index in [1.54, 1.807) is 18.3 Å². The van der Waals surface area contributed by atoms with Crippen molar-refractivity contribution in [1.29, 1.82) is 0 Å². The van der Waals surface area contributed by atoms with Crippen molar-refractivity contribution in [3.8, 4) is 0 Å². The van der Waals surface area contributed by atoms with Gasteiger partial charge in [0.25, 0.3) is 5.91 Å². The number of nitrogens with zero attached hydrogens (tertiary/aromatic N) is 1. The van der Waals surface area contributed by atoms with Gasteiger partial charge in [0.15, 0.2) is 0 Å².